The van der Waals surface area contributed by atoms with Crippen molar-refractivity contribution in [1.82, 2.24) is 29.4 Å². The lowest BCUT2D eigenvalue weighted by atomic mass is 9.84. The van der Waals surface area contributed by atoms with Gasteiger partial charge in [0.05, 0.1) is 11.3 Å². The highest BCUT2D eigenvalue weighted by Gasteiger charge is 2.34. The van der Waals surface area contributed by atoms with Crippen molar-refractivity contribution in [3.63, 3.8) is 0 Å². The number of nitrogens with zero attached hydrogens (tertiary/aromatic N) is 7. The second kappa shape index (κ2) is 12.6. The maximum Gasteiger partial charge on any atom is 0.253 e. The van der Waals surface area contributed by atoms with E-state index in [0.29, 0.717) is 56.0 Å². The molecule has 5 heterocycles. The molecule has 0 aliphatic carbocycles. The molecular weight excluding hydrogens is 586 g/mol. The van der Waals surface area contributed by atoms with Gasteiger partial charge in [-0.2, -0.15) is 5.10 Å². The van der Waals surface area contributed by atoms with Crippen LogP contribution in [0.15, 0.2) is 91.4 Å². The minimum atomic E-state index is -0.868. The van der Waals surface area contributed by atoms with Crippen molar-refractivity contribution in [2.75, 3.05) is 44.2 Å². The largest absolute Gasteiger partial charge is 0.385 e. The number of piperazine rings is 1. The average molecular weight is 622 g/mol. The molecule has 7 rings (SSSR count). The Labute approximate surface area is 267 Å². The number of rotatable bonds is 7. The van der Waals surface area contributed by atoms with Gasteiger partial charge in [-0.05, 0) is 72.0 Å². The van der Waals surface area contributed by atoms with E-state index in [0.717, 1.165) is 47.9 Å². The molecule has 0 unspecified atom stereocenters. The van der Waals surface area contributed by atoms with Crippen LogP contribution in [0.4, 0.5) is 5.69 Å². The molecule has 1 N–H and O–H groups in total. The summed E-state index contributed by atoms with van der Waals surface area (Å²) in [7, 11) is 0. The molecular formula is C35H36ClN7O2. The Bertz CT molecular complexity index is 1760. The van der Waals surface area contributed by atoms with Gasteiger partial charge >= 0.3 is 0 Å². The molecule has 0 atom stereocenters. The third kappa shape index (κ3) is 6.42. The van der Waals surface area contributed by atoms with E-state index in [1.807, 2.05) is 82.5 Å². The molecule has 9 nitrogen and oxygen atoms in total. The second-order valence-electron chi connectivity index (χ2n) is 12.0. The standard InChI is InChI=1S/C35H36ClN7O2/c36-30-11-9-29(10-12-30)35(45)13-17-41(18-14-35)31-4-2-16-43-33(31)38-32(39-43)23-26-5-7-28(8-6-26)34(44)42-21-19-40(20-22-42)25-27-3-1-15-37-24-27/h1-12,15-16,24,45H,13-14,17-23,25H2. The Morgan fingerprint density at radius 3 is 2.33 bits per heavy atom. The van der Waals surface area contributed by atoms with E-state index >= 15 is 0 Å². The van der Waals surface area contributed by atoms with Crippen molar-refractivity contribution in [1.29, 1.82) is 0 Å². The van der Waals surface area contributed by atoms with E-state index in [4.69, 9.17) is 21.7 Å². The number of benzene rings is 2. The third-order valence-corrected chi connectivity index (χ3v) is 9.30. The normalized spacial score (nSPS) is 17.1. The van der Waals surface area contributed by atoms with E-state index in [1.165, 1.54) is 5.56 Å². The van der Waals surface area contributed by atoms with Crippen molar-refractivity contribution in [3.05, 3.63) is 124 Å². The first-order valence-electron chi connectivity index (χ1n) is 15.5. The highest BCUT2D eigenvalue weighted by Crippen LogP contribution is 2.36. The monoisotopic (exact) mass is 621 g/mol. The molecule has 2 aliphatic rings. The molecule has 2 saturated heterocycles. The number of aromatic nitrogens is 4. The SMILES string of the molecule is O=C(c1ccc(Cc2nc3c(N4CCC(O)(c5ccc(Cl)cc5)CC4)cccn3n2)cc1)N1CCN(Cc2cccnc2)CC1. The van der Waals surface area contributed by atoms with E-state index in [2.05, 4.69) is 26.9 Å². The Hall–Kier alpha value is -4.31. The number of amides is 1. The Morgan fingerprint density at radius 1 is 0.867 bits per heavy atom. The molecule has 2 aliphatic heterocycles. The number of carbonyl (C=O) groups is 1. The van der Waals surface area contributed by atoms with E-state index in [1.54, 1.807) is 6.20 Å². The number of hydrogen-bond donors (Lipinski definition) is 1. The molecule has 0 bridgehead atoms. The number of anilines is 1. The van der Waals surface area contributed by atoms with E-state index in [-0.39, 0.29) is 5.91 Å². The Morgan fingerprint density at radius 2 is 1.62 bits per heavy atom. The summed E-state index contributed by atoms with van der Waals surface area (Å²) in [4.78, 5) is 28.9. The molecule has 2 fully saturated rings. The summed E-state index contributed by atoms with van der Waals surface area (Å²) in [5.74, 6) is 0.795. The van der Waals surface area contributed by atoms with Crippen LogP contribution in [0.1, 0.15) is 45.7 Å². The van der Waals surface area contributed by atoms with Crippen LogP contribution in [0.2, 0.25) is 5.02 Å². The van der Waals surface area contributed by atoms with Crippen LogP contribution in [0.25, 0.3) is 5.65 Å². The lowest BCUT2D eigenvalue weighted by Crippen LogP contribution is -2.48. The number of halogens is 1. The number of pyridine rings is 2. The molecule has 1 amide bonds. The fraction of sp³-hybridized carbons (Fsp3) is 0.314. The van der Waals surface area contributed by atoms with Gasteiger partial charge in [0.15, 0.2) is 11.5 Å². The molecule has 230 valence electrons. The number of piperidine rings is 1. The average Bonchev–Trinajstić information content (AvgIpc) is 3.49. The summed E-state index contributed by atoms with van der Waals surface area (Å²) in [5.41, 5.74) is 4.80. The molecule has 10 heteroatoms. The Balaban J connectivity index is 0.969. The summed E-state index contributed by atoms with van der Waals surface area (Å²) in [6.07, 6.45) is 7.41. The van der Waals surface area contributed by atoms with Gasteiger partial charge in [0.1, 0.15) is 0 Å². The molecule has 0 radical (unpaired) electrons. The van der Waals surface area contributed by atoms with Crippen molar-refractivity contribution in [3.8, 4) is 0 Å². The van der Waals surface area contributed by atoms with Crippen LogP contribution in [0.3, 0.4) is 0 Å². The topological polar surface area (TPSA) is 90.1 Å². The van der Waals surface area contributed by atoms with E-state index in [9.17, 15) is 9.90 Å². The van der Waals surface area contributed by atoms with E-state index < -0.39 is 5.60 Å². The van der Waals surface area contributed by atoms with Gasteiger partial charge in [0.25, 0.3) is 5.91 Å². The molecule has 5 aromatic rings. The summed E-state index contributed by atoms with van der Waals surface area (Å²) in [6, 6.07) is 23.4. The summed E-state index contributed by atoms with van der Waals surface area (Å²) in [6.45, 7) is 5.39. The lowest BCUT2D eigenvalue weighted by molar-refractivity contribution is 0.0118. The van der Waals surface area contributed by atoms with Crippen LogP contribution in [0, 0.1) is 0 Å². The van der Waals surface area contributed by atoms with Gasteiger partial charge in [-0.3, -0.25) is 14.7 Å². The molecule has 2 aromatic carbocycles. The molecule has 45 heavy (non-hydrogen) atoms. The zero-order valence-corrected chi connectivity index (χ0v) is 25.9. The number of fused-ring (bicyclic) bond motifs is 1. The lowest BCUT2D eigenvalue weighted by Gasteiger charge is -2.39. The highest BCUT2D eigenvalue weighted by atomic mass is 35.5. The van der Waals surface area contributed by atoms with Crippen molar-refractivity contribution in [2.45, 2.75) is 31.4 Å². The minimum Gasteiger partial charge on any atom is -0.385 e. The zero-order chi connectivity index (χ0) is 30.8. The van der Waals surface area contributed by atoms with Crippen LogP contribution in [0.5, 0.6) is 0 Å². The zero-order valence-electron chi connectivity index (χ0n) is 25.1. The van der Waals surface area contributed by atoms with Crippen molar-refractivity contribution < 1.29 is 9.90 Å². The predicted octanol–water partition coefficient (Wildman–Crippen LogP) is 4.81. The summed E-state index contributed by atoms with van der Waals surface area (Å²) >= 11 is 6.06. The molecule has 0 spiro atoms. The fourth-order valence-electron chi connectivity index (χ4n) is 6.41. The summed E-state index contributed by atoms with van der Waals surface area (Å²) in [5, 5.41) is 16.8. The van der Waals surface area contributed by atoms with Crippen LogP contribution < -0.4 is 4.90 Å². The molecule has 0 saturated carbocycles. The highest BCUT2D eigenvalue weighted by molar-refractivity contribution is 6.30. The van der Waals surface area contributed by atoms with Gasteiger partial charge in [-0.25, -0.2) is 9.50 Å². The maximum absolute atomic E-state index is 13.2. The first-order chi connectivity index (χ1) is 21.9. The van der Waals surface area contributed by atoms with Gasteiger partial charge < -0.3 is 14.9 Å². The first kappa shape index (κ1) is 29.4. The molecule has 3 aromatic heterocycles. The van der Waals surface area contributed by atoms with Gasteiger partial charge in [-0.15, -0.1) is 0 Å². The second-order valence-corrected chi connectivity index (χ2v) is 12.5. The van der Waals surface area contributed by atoms with Crippen LogP contribution in [-0.2, 0) is 18.6 Å². The van der Waals surface area contributed by atoms with Crippen LogP contribution >= 0.6 is 11.6 Å². The predicted molar refractivity (Wildman–Crippen MR) is 174 cm³/mol. The maximum atomic E-state index is 13.2. The van der Waals surface area contributed by atoms with Crippen molar-refractivity contribution >= 4 is 28.8 Å². The smallest absolute Gasteiger partial charge is 0.253 e. The van der Waals surface area contributed by atoms with Gasteiger partial charge in [-0.1, -0.05) is 41.9 Å². The van der Waals surface area contributed by atoms with Gasteiger partial charge in [0.2, 0.25) is 0 Å². The quantitative estimate of drug-likeness (QED) is 0.279. The third-order valence-electron chi connectivity index (χ3n) is 9.05. The minimum absolute atomic E-state index is 0.0718. The van der Waals surface area contributed by atoms with Crippen molar-refractivity contribution in [2.24, 2.45) is 0 Å². The number of hydrogen-bond acceptors (Lipinski definition) is 7. The summed E-state index contributed by atoms with van der Waals surface area (Å²) < 4.78 is 1.83. The number of aliphatic hydroxyl groups is 1. The van der Waals surface area contributed by atoms with Crippen LogP contribution in [-0.4, -0.2) is 79.7 Å². The fourth-order valence-corrected chi connectivity index (χ4v) is 6.54. The Kier molecular flexibility index (Phi) is 8.23. The number of carbonyl (C=O) groups excluding carboxylic acids is 1. The van der Waals surface area contributed by atoms with Gasteiger partial charge in [0, 0.05) is 81.4 Å². The first-order valence-corrected chi connectivity index (χ1v) is 15.9.